The molecule has 1 aromatic carbocycles. The van der Waals surface area contributed by atoms with Crippen LogP contribution < -0.4 is 0 Å². The van der Waals surface area contributed by atoms with Crippen LogP contribution in [0.5, 0.6) is 0 Å². The molecule has 1 heterocycles. The lowest BCUT2D eigenvalue weighted by molar-refractivity contribution is 0.0998. The molecule has 0 radical (unpaired) electrons. The van der Waals surface area contributed by atoms with Crippen molar-refractivity contribution in [3.8, 4) is 0 Å². The van der Waals surface area contributed by atoms with E-state index < -0.39 is 0 Å². The van der Waals surface area contributed by atoms with E-state index in [-0.39, 0.29) is 0 Å². The van der Waals surface area contributed by atoms with Crippen LogP contribution in [0.1, 0.15) is 64.5 Å². The number of nitrogens with zero attached hydrogens (tertiary/aromatic N) is 2. The highest BCUT2D eigenvalue weighted by atomic mass is 16.5. The molecule has 0 aromatic heterocycles. The van der Waals surface area contributed by atoms with E-state index in [9.17, 15) is 0 Å². The minimum absolute atomic E-state index is 0.311. The molecule has 3 heteroatoms. The van der Waals surface area contributed by atoms with Crippen molar-refractivity contribution in [1.82, 2.24) is 4.90 Å². The highest BCUT2D eigenvalue weighted by Crippen LogP contribution is 2.23. The normalized spacial score (nSPS) is 15.1. The van der Waals surface area contributed by atoms with Gasteiger partial charge in [-0.2, -0.15) is 0 Å². The highest BCUT2D eigenvalue weighted by Gasteiger charge is 2.21. The number of ether oxygens (including phenoxy) is 1. The van der Waals surface area contributed by atoms with E-state index in [1.54, 1.807) is 0 Å². The molecule has 136 valence electrons. The van der Waals surface area contributed by atoms with Gasteiger partial charge in [0.2, 0.25) is 0 Å². The van der Waals surface area contributed by atoms with E-state index in [1.165, 1.54) is 11.3 Å². The zero-order chi connectivity index (χ0) is 18.2. The maximum atomic E-state index is 6.05. The Bertz CT molecular complexity index is 639. The third kappa shape index (κ3) is 6.41. The molecule has 1 aliphatic rings. The molecule has 0 bridgehead atoms. The van der Waals surface area contributed by atoms with Gasteiger partial charge in [-0.1, -0.05) is 51.5 Å². The molecule has 0 saturated carbocycles. The predicted octanol–water partition coefficient (Wildman–Crippen LogP) is 5.67. The molecular weight excluding hydrogens is 308 g/mol. The Hall–Kier alpha value is -2.03. The van der Waals surface area contributed by atoms with Gasteiger partial charge in [0, 0.05) is 18.0 Å². The summed E-state index contributed by atoms with van der Waals surface area (Å²) in [5.41, 5.74) is 4.69. The van der Waals surface area contributed by atoms with Gasteiger partial charge >= 0.3 is 0 Å². The van der Waals surface area contributed by atoms with Crippen molar-refractivity contribution >= 4 is 5.71 Å². The summed E-state index contributed by atoms with van der Waals surface area (Å²) in [6, 6.07) is 8.58. The number of hydrogen-bond donors (Lipinski definition) is 0. The quantitative estimate of drug-likeness (QED) is 0.311. The smallest absolute Gasteiger partial charge is 0.111 e. The zero-order valence-electron chi connectivity index (χ0n) is 16.2. The Morgan fingerprint density at radius 3 is 2.56 bits per heavy atom. The molecule has 2 rings (SSSR count). The van der Waals surface area contributed by atoms with E-state index in [2.05, 4.69) is 61.5 Å². The lowest BCUT2D eigenvalue weighted by Crippen LogP contribution is -2.11. The molecule has 0 unspecified atom stereocenters. The first-order valence-electron chi connectivity index (χ1n) is 9.43. The second-order valence-electron chi connectivity index (χ2n) is 6.89. The van der Waals surface area contributed by atoms with E-state index in [0.29, 0.717) is 6.10 Å². The van der Waals surface area contributed by atoms with Gasteiger partial charge in [-0.3, -0.25) is 4.99 Å². The summed E-state index contributed by atoms with van der Waals surface area (Å²) in [7, 11) is 0. The molecule has 0 aliphatic carbocycles. The zero-order valence-corrected chi connectivity index (χ0v) is 16.2. The van der Waals surface area contributed by atoms with E-state index >= 15 is 0 Å². The molecule has 3 nitrogen and oxygen atoms in total. The molecule has 0 spiro atoms. The summed E-state index contributed by atoms with van der Waals surface area (Å²) >= 11 is 0. The number of hydrogen-bond acceptors (Lipinski definition) is 3. The van der Waals surface area contributed by atoms with Crippen molar-refractivity contribution in [3.05, 3.63) is 59.6 Å². The van der Waals surface area contributed by atoms with Crippen LogP contribution in [0.2, 0.25) is 0 Å². The molecule has 25 heavy (non-hydrogen) atoms. The Balaban J connectivity index is 1.99. The van der Waals surface area contributed by atoms with Crippen molar-refractivity contribution in [3.63, 3.8) is 0 Å². The summed E-state index contributed by atoms with van der Waals surface area (Å²) in [5.74, 6) is 0.891. The molecule has 0 N–H and O–H groups in total. The fraction of sp³-hybridized carbons (Fsp3) is 0.500. The Labute approximate surface area is 153 Å². The van der Waals surface area contributed by atoms with Crippen molar-refractivity contribution < 1.29 is 4.74 Å². The first kappa shape index (κ1) is 19.3. The van der Waals surface area contributed by atoms with Crippen molar-refractivity contribution in [2.24, 2.45) is 4.99 Å². The minimum atomic E-state index is 0.311. The van der Waals surface area contributed by atoms with Gasteiger partial charge in [0.15, 0.2) is 0 Å². The average Bonchev–Trinajstić information content (AvgIpc) is 3.28. The summed E-state index contributed by atoms with van der Waals surface area (Å²) < 4.78 is 6.05. The van der Waals surface area contributed by atoms with Crippen LogP contribution >= 0.6 is 0 Å². The average molecular weight is 341 g/mol. The number of benzene rings is 1. The lowest BCUT2D eigenvalue weighted by atomic mass is 10.1. The molecule has 1 fully saturated rings. The van der Waals surface area contributed by atoms with Gasteiger partial charge < -0.3 is 9.64 Å². The standard InChI is InChI=1S/C22H32N2O/c1-6-9-22(10-7-2)25-18(4)14-23-19(5)21-12-8-11-20(13-21)16-24-15-17(24)3/h8,11-14,22H,3,6-7,9-10,15-16H2,1-2,4-5H3/b18-14+,23-19?. The van der Waals surface area contributed by atoms with E-state index in [0.717, 1.165) is 55.8 Å². The maximum absolute atomic E-state index is 6.05. The highest BCUT2D eigenvalue weighted by molar-refractivity contribution is 5.99. The first-order valence-corrected chi connectivity index (χ1v) is 9.43. The summed E-state index contributed by atoms with van der Waals surface area (Å²) in [6.45, 7) is 14.4. The summed E-state index contributed by atoms with van der Waals surface area (Å²) in [5, 5.41) is 0. The van der Waals surface area contributed by atoms with Crippen molar-refractivity contribution in [1.29, 1.82) is 0 Å². The fourth-order valence-corrected chi connectivity index (χ4v) is 2.93. The minimum Gasteiger partial charge on any atom is -0.493 e. The van der Waals surface area contributed by atoms with Gasteiger partial charge in [-0.25, -0.2) is 0 Å². The second-order valence-corrected chi connectivity index (χ2v) is 6.89. The van der Waals surface area contributed by atoms with Crippen LogP contribution in [-0.2, 0) is 11.3 Å². The number of allylic oxidation sites excluding steroid dienone is 1. The molecule has 1 saturated heterocycles. The summed E-state index contributed by atoms with van der Waals surface area (Å²) in [4.78, 5) is 6.89. The third-order valence-electron chi connectivity index (χ3n) is 4.45. The molecule has 0 atom stereocenters. The second kappa shape index (κ2) is 9.45. The van der Waals surface area contributed by atoms with Crippen LogP contribution in [-0.4, -0.2) is 23.3 Å². The molecule has 1 aromatic rings. The Kier molecular flexibility index (Phi) is 7.30. The van der Waals surface area contributed by atoms with Crippen LogP contribution in [0, 0.1) is 0 Å². The van der Waals surface area contributed by atoms with Gasteiger partial charge in [-0.05, 0) is 43.9 Å². The largest absolute Gasteiger partial charge is 0.493 e. The Morgan fingerprint density at radius 2 is 1.96 bits per heavy atom. The lowest BCUT2D eigenvalue weighted by Gasteiger charge is -2.17. The van der Waals surface area contributed by atoms with Crippen LogP contribution in [0.25, 0.3) is 0 Å². The van der Waals surface area contributed by atoms with Crippen LogP contribution in [0.4, 0.5) is 0 Å². The van der Waals surface area contributed by atoms with Gasteiger partial charge in [-0.15, -0.1) is 0 Å². The Morgan fingerprint density at radius 1 is 1.28 bits per heavy atom. The maximum Gasteiger partial charge on any atom is 0.111 e. The SMILES string of the molecule is C=C1CN1Cc1cccc(C(C)=N/C=C(\C)OC(CCC)CCC)c1. The van der Waals surface area contributed by atoms with E-state index in [1.807, 2.05) is 13.1 Å². The van der Waals surface area contributed by atoms with E-state index in [4.69, 9.17) is 4.74 Å². The van der Waals surface area contributed by atoms with Crippen LogP contribution in [0.15, 0.2) is 53.5 Å². The topological polar surface area (TPSA) is 24.6 Å². The predicted molar refractivity (Wildman–Crippen MR) is 107 cm³/mol. The van der Waals surface area contributed by atoms with Crippen molar-refractivity contribution in [2.45, 2.75) is 66.0 Å². The number of rotatable bonds is 10. The first-order chi connectivity index (χ1) is 12.0. The molecule has 0 amide bonds. The van der Waals surface area contributed by atoms with Gasteiger partial charge in [0.25, 0.3) is 0 Å². The van der Waals surface area contributed by atoms with Gasteiger partial charge in [0.05, 0.1) is 18.8 Å². The molecular formula is C22H32N2O. The molecule has 1 aliphatic heterocycles. The fourth-order valence-electron chi connectivity index (χ4n) is 2.93. The number of aliphatic imine (C=N–C) groups is 1. The summed E-state index contributed by atoms with van der Waals surface area (Å²) in [6.07, 6.45) is 6.67. The third-order valence-corrected chi connectivity index (χ3v) is 4.45. The van der Waals surface area contributed by atoms with Gasteiger partial charge in [0.1, 0.15) is 5.76 Å². The van der Waals surface area contributed by atoms with Crippen molar-refractivity contribution in [2.75, 3.05) is 6.54 Å². The monoisotopic (exact) mass is 340 g/mol. The van der Waals surface area contributed by atoms with Crippen LogP contribution in [0.3, 0.4) is 0 Å².